The fourth-order valence-corrected chi connectivity index (χ4v) is 6.13. The van der Waals surface area contributed by atoms with Crippen LogP contribution in [0, 0.1) is 6.92 Å². The van der Waals surface area contributed by atoms with Crippen molar-refractivity contribution in [3.05, 3.63) is 53.6 Å². The minimum Gasteiger partial charge on any atom is -0.496 e. The monoisotopic (exact) mass is 511 g/mol. The number of hydrogen-bond acceptors (Lipinski definition) is 7. The lowest BCUT2D eigenvalue weighted by Crippen LogP contribution is -2.44. The second-order valence-electron chi connectivity index (χ2n) is 7.85. The van der Waals surface area contributed by atoms with Gasteiger partial charge >= 0.3 is 0 Å². The molecule has 1 atom stereocenters. The van der Waals surface area contributed by atoms with E-state index in [-0.39, 0.29) is 16.3 Å². The molecule has 2 aromatic carbocycles. The van der Waals surface area contributed by atoms with Gasteiger partial charge in [0.25, 0.3) is 0 Å². The number of nitrogens with one attached hydrogen (secondary N) is 2. The molecule has 1 saturated heterocycles. The average Bonchev–Trinajstić information content (AvgIpc) is 2.83. The maximum atomic E-state index is 12.7. The molecule has 1 heterocycles. The molecule has 1 aliphatic heterocycles. The number of sulfonamides is 2. The maximum absolute atomic E-state index is 12.7. The molecular weight excluding hydrogens is 482 g/mol. The first kappa shape index (κ1) is 26.1. The highest BCUT2D eigenvalue weighted by Crippen LogP contribution is 2.21. The molecule has 2 N–H and O–H groups in total. The molecule has 3 rings (SSSR count). The van der Waals surface area contributed by atoms with Crippen LogP contribution in [0.1, 0.15) is 18.1 Å². The Kier molecular flexibility index (Phi) is 8.31. The van der Waals surface area contributed by atoms with E-state index < -0.39 is 32.0 Å². The van der Waals surface area contributed by atoms with E-state index in [2.05, 4.69) is 10.0 Å². The number of carbonyl (C=O) groups is 1. The summed E-state index contributed by atoms with van der Waals surface area (Å²) >= 11 is 0. The van der Waals surface area contributed by atoms with E-state index >= 15 is 0 Å². The molecule has 2 aromatic rings. The van der Waals surface area contributed by atoms with Crippen LogP contribution in [0.5, 0.6) is 5.75 Å². The summed E-state index contributed by atoms with van der Waals surface area (Å²) in [5.74, 6) is 0.0485. The summed E-state index contributed by atoms with van der Waals surface area (Å²) in [6.45, 7) is 4.64. The highest BCUT2D eigenvalue weighted by molar-refractivity contribution is 7.89. The van der Waals surface area contributed by atoms with Gasteiger partial charge < -0.3 is 14.8 Å². The van der Waals surface area contributed by atoms with Crippen LogP contribution < -0.4 is 14.8 Å². The van der Waals surface area contributed by atoms with Crippen LogP contribution in [-0.2, 0) is 36.1 Å². The van der Waals surface area contributed by atoms with Crippen LogP contribution in [0.25, 0.3) is 0 Å². The van der Waals surface area contributed by atoms with Gasteiger partial charge in [-0.25, -0.2) is 16.8 Å². The number of nitrogens with zero attached hydrogens (tertiary/aromatic N) is 1. The molecule has 0 saturated carbocycles. The van der Waals surface area contributed by atoms with Gasteiger partial charge in [0.15, 0.2) is 0 Å². The van der Waals surface area contributed by atoms with Crippen LogP contribution in [0.15, 0.2) is 52.3 Å². The van der Waals surface area contributed by atoms with E-state index in [9.17, 15) is 21.6 Å². The summed E-state index contributed by atoms with van der Waals surface area (Å²) in [6, 6.07) is 9.62. The number of hydrogen-bond donors (Lipinski definition) is 2. The molecule has 186 valence electrons. The van der Waals surface area contributed by atoms with Crippen molar-refractivity contribution in [3.63, 3.8) is 0 Å². The Morgan fingerprint density at radius 2 is 1.68 bits per heavy atom. The van der Waals surface area contributed by atoms with E-state index in [0.717, 1.165) is 0 Å². The molecule has 34 heavy (non-hydrogen) atoms. The van der Waals surface area contributed by atoms with E-state index in [1.54, 1.807) is 25.1 Å². The third kappa shape index (κ3) is 6.13. The minimum atomic E-state index is -3.91. The number of benzene rings is 2. The van der Waals surface area contributed by atoms with Crippen molar-refractivity contribution in [2.45, 2.75) is 36.2 Å². The van der Waals surface area contributed by atoms with Crippen molar-refractivity contribution in [1.29, 1.82) is 0 Å². The standard InChI is InChI=1S/C22H29N3O7S2/c1-16-14-20(8-9-21(16)31-3)33(27,28)24-17(2)22(26)23-15-18-4-6-19(7-5-18)34(29,30)25-10-12-32-13-11-25/h4-9,14,17,24H,10-13,15H2,1-3H3,(H,23,26)/t17-/m1/s1. The molecule has 10 nitrogen and oxygen atoms in total. The summed E-state index contributed by atoms with van der Waals surface area (Å²) in [4.78, 5) is 12.7. The number of methoxy groups -OCH3 is 1. The van der Waals surface area contributed by atoms with Crippen LogP contribution in [0.3, 0.4) is 0 Å². The minimum absolute atomic E-state index is 0.0301. The Bertz CT molecular complexity index is 1220. The summed E-state index contributed by atoms with van der Waals surface area (Å²) in [5.41, 5.74) is 1.33. The van der Waals surface area contributed by atoms with Gasteiger partial charge in [-0.05, 0) is 55.3 Å². The highest BCUT2D eigenvalue weighted by atomic mass is 32.2. The van der Waals surface area contributed by atoms with Crippen molar-refractivity contribution in [2.75, 3.05) is 33.4 Å². The highest BCUT2D eigenvalue weighted by Gasteiger charge is 2.26. The largest absolute Gasteiger partial charge is 0.496 e. The topological polar surface area (TPSA) is 131 Å². The van der Waals surface area contributed by atoms with Gasteiger partial charge in [-0.2, -0.15) is 9.03 Å². The summed E-state index contributed by atoms with van der Waals surface area (Å²) in [6.07, 6.45) is 0. The number of ether oxygens (including phenoxy) is 2. The second kappa shape index (κ2) is 10.8. The lowest BCUT2D eigenvalue weighted by Gasteiger charge is -2.26. The molecule has 0 aliphatic carbocycles. The number of amides is 1. The molecule has 0 bridgehead atoms. The molecule has 0 aromatic heterocycles. The van der Waals surface area contributed by atoms with Crippen LogP contribution in [-0.4, -0.2) is 66.5 Å². The van der Waals surface area contributed by atoms with Gasteiger partial charge in [0.05, 0.1) is 36.2 Å². The first-order chi connectivity index (χ1) is 16.0. The van der Waals surface area contributed by atoms with Crippen LogP contribution in [0.2, 0.25) is 0 Å². The molecule has 0 radical (unpaired) electrons. The molecule has 1 amide bonds. The zero-order valence-electron chi connectivity index (χ0n) is 19.3. The fourth-order valence-electron chi connectivity index (χ4n) is 3.43. The second-order valence-corrected chi connectivity index (χ2v) is 11.5. The van der Waals surface area contributed by atoms with Crippen molar-refractivity contribution in [2.24, 2.45) is 0 Å². The van der Waals surface area contributed by atoms with Crippen LogP contribution in [0.4, 0.5) is 0 Å². The summed E-state index contributed by atoms with van der Waals surface area (Å²) in [5, 5.41) is 2.66. The number of aryl methyl sites for hydroxylation is 1. The summed E-state index contributed by atoms with van der Waals surface area (Å²) in [7, 11) is -6.01. The van der Waals surface area contributed by atoms with Crippen molar-refractivity contribution in [1.82, 2.24) is 14.3 Å². The van der Waals surface area contributed by atoms with Crippen molar-refractivity contribution >= 4 is 26.0 Å². The fraction of sp³-hybridized carbons (Fsp3) is 0.409. The Morgan fingerprint density at radius 3 is 2.26 bits per heavy atom. The molecule has 1 fully saturated rings. The predicted octanol–water partition coefficient (Wildman–Crippen LogP) is 1.01. The molecule has 0 spiro atoms. The Hall–Kier alpha value is -2.51. The smallest absolute Gasteiger partial charge is 0.243 e. The normalized spacial score (nSPS) is 16.1. The van der Waals surface area contributed by atoms with E-state index in [0.29, 0.717) is 43.2 Å². The number of carbonyl (C=O) groups excluding carboxylic acids is 1. The Balaban J connectivity index is 1.58. The number of morpholine rings is 1. The quantitative estimate of drug-likeness (QED) is 0.514. The lowest BCUT2D eigenvalue weighted by atomic mass is 10.2. The first-order valence-corrected chi connectivity index (χ1v) is 13.6. The Labute approximate surface area is 200 Å². The van der Waals surface area contributed by atoms with Crippen molar-refractivity contribution < 1.29 is 31.1 Å². The van der Waals surface area contributed by atoms with Crippen LogP contribution >= 0.6 is 0 Å². The third-order valence-corrected chi connectivity index (χ3v) is 8.85. The van der Waals surface area contributed by atoms with Gasteiger partial charge in [0.2, 0.25) is 26.0 Å². The maximum Gasteiger partial charge on any atom is 0.243 e. The zero-order chi connectivity index (χ0) is 24.9. The van der Waals surface area contributed by atoms with Gasteiger partial charge in [0, 0.05) is 19.6 Å². The van der Waals surface area contributed by atoms with Gasteiger partial charge in [-0.3, -0.25) is 4.79 Å². The van der Waals surface area contributed by atoms with E-state index in [1.807, 2.05) is 0 Å². The summed E-state index contributed by atoms with van der Waals surface area (Å²) < 4.78 is 64.7. The van der Waals surface area contributed by atoms with E-state index in [4.69, 9.17) is 9.47 Å². The Morgan fingerprint density at radius 1 is 1.06 bits per heavy atom. The van der Waals surface area contributed by atoms with Crippen molar-refractivity contribution in [3.8, 4) is 5.75 Å². The molecule has 1 aliphatic rings. The van der Waals surface area contributed by atoms with Gasteiger partial charge in [-0.15, -0.1) is 0 Å². The van der Waals surface area contributed by atoms with Gasteiger partial charge in [-0.1, -0.05) is 12.1 Å². The zero-order valence-corrected chi connectivity index (χ0v) is 20.9. The third-order valence-electron chi connectivity index (χ3n) is 5.40. The molecule has 0 unspecified atom stereocenters. The molecular formula is C22H29N3O7S2. The number of rotatable bonds is 9. The van der Waals surface area contributed by atoms with E-state index in [1.165, 1.54) is 42.6 Å². The molecule has 12 heteroatoms. The lowest BCUT2D eigenvalue weighted by molar-refractivity contribution is -0.122. The van der Waals surface area contributed by atoms with Gasteiger partial charge in [0.1, 0.15) is 5.75 Å². The SMILES string of the molecule is COc1ccc(S(=O)(=O)N[C@H](C)C(=O)NCc2ccc(S(=O)(=O)N3CCOCC3)cc2)cc1C. The first-order valence-electron chi connectivity index (χ1n) is 10.7. The average molecular weight is 512 g/mol. The predicted molar refractivity (Wildman–Crippen MR) is 125 cm³/mol.